The summed E-state index contributed by atoms with van der Waals surface area (Å²) in [7, 11) is 0. The second-order valence-corrected chi connectivity index (χ2v) is 7.07. The van der Waals surface area contributed by atoms with E-state index in [1.165, 1.54) is 17.5 Å². The summed E-state index contributed by atoms with van der Waals surface area (Å²) in [4.78, 5) is 0. The monoisotopic (exact) mass is 262 g/mol. The second kappa shape index (κ2) is 4.93. The molecule has 0 saturated heterocycles. The van der Waals surface area contributed by atoms with Gasteiger partial charge in [0.05, 0.1) is 12.5 Å². The number of thiophene rings is 1. The van der Waals surface area contributed by atoms with Crippen LogP contribution in [0.1, 0.15) is 51.7 Å². The molecule has 0 unspecified atom stereocenters. The van der Waals surface area contributed by atoms with E-state index in [1.807, 2.05) is 6.26 Å². The minimum absolute atomic E-state index is 0.181. The van der Waals surface area contributed by atoms with Crippen molar-refractivity contribution in [2.24, 2.45) is 0 Å². The van der Waals surface area contributed by atoms with Gasteiger partial charge < -0.3 is 4.42 Å². The first-order valence-corrected chi connectivity index (χ1v) is 7.41. The van der Waals surface area contributed by atoms with E-state index in [1.54, 1.807) is 17.6 Å². The van der Waals surface area contributed by atoms with E-state index >= 15 is 0 Å². The molecule has 18 heavy (non-hydrogen) atoms. The lowest BCUT2D eigenvalue weighted by molar-refractivity contribution is 0.373. The molecular weight excluding hydrogens is 240 g/mol. The molecule has 0 aliphatic carbocycles. The molecule has 0 amide bonds. The maximum Gasteiger partial charge on any atom is 0.0939 e. The van der Waals surface area contributed by atoms with Crippen LogP contribution in [0.25, 0.3) is 0 Å². The van der Waals surface area contributed by atoms with Gasteiger partial charge in [-0.1, -0.05) is 27.7 Å². The summed E-state index contributed by atoms with van der Waals surface area (Å²) >= 11 is 1.78. The Kier molecular flexibility index (Phi) is 3.67. The maximum absolute atomic E-state index is 5.21. The summed E-state index contributed by atoms with van der Waals surface area (Å²) in [5.41, 5.74) is 3.18. The van der Waals surface area contributed by atoms with E-state index in [-0.39, 0.29) is 10.8 Å². The Morgan fingerprint density at radius 3 is 2.17 bits per heavy atom. The van der Waals surface area contributed by atoms with Crippen LogP contribution in [-0.4, -0.2) is 0 Å². The van der Waals surface area contributed by atoms with Crippen LogP contribution in [0.4, 0.5) is 0 Å². The topological polar surface area (TPSA) is 13.1 Å². The number of hydrogen-bond acceptors (Lipinski definition) is 2. The normalized spacial score (nSPS) is 12.9. The van der Waals surface area contributed by atoms with Crippen molar-refractivity contribution in [2.45, 2.75) is 51.4 Å². The maximum atomic E-state index is 5.21. The van der Waals surface area contributed by atoms with E-state index in [4.69, 9.17) is 4.42 Å². The zero-order chi connectivity index (χ0) is 13.2. The van der Waals surface area contributed by atoms with E-state index in [2.05, 4.69) is 50.6 Å². The highest BCUT2D eigenvalue weighted by Gasteiger charge is 2.27. The fourth-order valence-corrected chi connectivity index (χ4v) is 3.06. The van der Waals surface area contributed by atoms with Crippen molar-refractivity contribution in [2.75, 3.05) is 0 Å². The van der Waals surface area contributed by atoms with Gasteiger partial charge in [-0.2, -0.15) is 11.3 Å². The molecule has 0 aliphatic heterocycles. The molecule has 0 fully saturated rings. The Morgan fingerprint density at radius 2 is 1.67 bits per heavy atom. The summed E-state index contributed by atoms with van der Waals surface area (Å²) < 4.78 is 5.21. The standard InChI is InChI=1S/C16H22OS/c1-15(2,13-5-9-17-11-13)7-8-16(3,4)14-6-10-18-12-14/h5-6,9-12H,7-8H2,1-4H3. The zero-order valence-electron chi connectivity index (χ0n) is 11.7. The van der Waals surface area contributed by atoms with Crippen LogP contribution in [0.5, 0.6) is 0 Å². The number of furan rings is 1. The first-order valence-electron chi connectivity index (χ1n) is 6.47. The quantitative estimate of drug-likeness (QED) is 0.705. The van der Waals surface area contributed by atoms with Gasteiger partial charge in [-0.3, -0.25) is 0 Å². The molecule has 0 N–H and O–H groups in total. The molecule has 0 radical (unpaired) electrons. The van der Waals surface area contributed by atoms with E-state index in [9.17, 15) is 0 Å². The van der Waals surface area contributed by atoms with Crippen LogP contribution in [0, 0.1) is 0 Å². The van der Waals surface area contributed by atoms with Gasteiger partial charge in [-0.15, -0.1) is 0 Å². The molecule has 0 aromatic carbocycles. The predicted octanol–water partition coefficient (Wildman–Crippen LogP) is 5.38. The van der Waals surface area contributed by atoms with Crippen molar-refractivity contribution in [3.8, 4) is 0 Å². The molecule has 0 spiro atoms. The molecule has 2 heteroatoms. The highest BCUT2D eigenvalue weighted by Crippen LogP contribution is 2.36. The summed E-state index contributed by atoms with van der Waals surface area (Å²) in [6.07, 6.45) is 5.98. The summed E-state index contributed by atoms with van der Waals surface area (Å²) in [5.74, 6) is 0. The summed E-state index contributed by atoms with van der Waals surface area (Å²) in [5, 5.41) is 4.43. The molecule has 2 aromatic rings. The van der Waals surface area contributed by atoms with Crippen molar-refractivity contribution in [3.63, 3.8) is 0 Å². The van der Waals surface area contributed by atoms with Crippen molar-refractivity contribution >= 4 is 11.3 Å². The van der Waals surface area contributed by atoms with Crippen molar-refractivity contribution in [1.82, 2.24) is 0 Å². The van der Waals surface area contributed by atoms with Crippen molar-refractivity contribution in [3.05, 3.63) is 46.5 Å². The molecule has 0 saturated carbocycles. The largest absolute Gasteiger partial charge is 0.472 e. The van der Waals surface area contributed by atoms with E-state index in [0.717, 1.165) is 6.42 Å². The third-order valence-corrected chi connectivity index (χ3v) is 4.66. The van der Waals surface area contributed by atoms with Gasteiger partial charge in [-0.25, -0.2) is 0 Å². The van der Waals surface area contributed by atoms with Gasteiger partial charge in [0.15, 0.2) is 0 Å². The van der Waals surface area contributed by atoms with Crippen molar-refractivity contribution in [1.29, 1.82) is 0 Å². The number of hydrogen-bond donors (Lipinski definition) is 0. The van der Waals surface area contributed by atoms with Gasteiger partial charge in [0.2, 0.25) is 0 Å². The van der Waals surface area contributed by atoms with Gasteiger partial charge in [-0.05, 0) is 57.7 Å². The van der Waals surface area contributed by atoms with Crippen LogP contribution >= 0.6 is 11.3 Å². The van der Waals surface area contributed by atoms with Gasteiger partial charge >= 0.3 is 0 Å². The Morgan fingerprint density at radius 1 is 1.00 bits per heavy atom. The van der Waals surface area contributed by atoms with Crippen LogP contribution in [0.2, 0.25) is 0 Å². The van der Waals surface area contributed by atoms with Gasteiger partial charge in [0, 0.05) is 0 Å². The minimum Gasteiger partial charge on any atom is -0.472 e. The van der Waals surface area contributed by atoms with E-state index < -0.39 is 0 Å². The molecule has 1 nitrogen and oxygen atoms in total. The van der Waals surface area contributed by atoms with Crippen LogP contribution in [0.3, 0.4) is 0 Å². The molecule has 0 aliphatic rings. The summed E-state index contributed by atoms with van der Waals surface area (Å²) in [6, 6.07) is 4.33. The Hall–Kier alpha value is -1.02. The zero-order valence-corrected chi connectivity index (χ0v) is 12.5. The third-order valence-electron chi connectivity index (χ3n) is 3.98. The lowest BCUT2D eigenvalue weighted by Crippen LogP contribution is -2.23. The lowest BCUT2D eigenvalue weighted by atomic mass is 9.74. The average molecular weight is 262 g/mol. The third kappa shape index (κ3) is 2.86. The fourth-order valence-electron chi connectivity index (χ4n) is 2.21. The first kappa shape index (κ1) is 13.4. The molecule has 98 valence electrons. The Labute approximate surface area is 114 Å². The fraction of sp³-hybridized carbons (Fsp3) is 0.500. The number of rotatable bonds is 5. The molecule has 0 bridgehead atoms. The van der Waals surface area contributed by atoms with Crippen LogP contribution in [0.15, 0.2) is 39.8 Å². The SMILES string of the molecule is CC(C)(CCC(C)(C)c1ccsc1)c1ccoc1. The van der Waals surface area contributed by atoms with Crippen molar-refractivity contribution < 1.29 is 4.42 Å². The Bertz CT molecular complexity index is 417. The summed E-state index contributed by atoms with van der Waals surface area (Å²) in [6.45, 7) is 9.25. The predicted molar refractivity (Wildman–Crippen MR) is 78.3 cm³/mol. The van der Waals surface area contributed by atoms with E-state index in [0.29, 0.717) is 0 Å². The highest BCUT2D eigenvalue weighted by atomic mass is 32.1. The average Bonchev–Trinajstić information content (AvgIpc) is 2.99. The van der Waals surface area contributed by atoms with Crippen LogP contribution in [-0.2, 0) is 10.8 Å². The smallest absolute Gasteiger partial charge is 0.0939 e. The molecular formula is C16H22OS. The minimum atomic E-state index is 0.181. The second-order valence-electron chi connectivity index (χ2n) is 6.29. The molecule has 2 aromatic heterocycles. The van der Waals surface area contributed by atoms with Gasteiger partial charge in [0.25, 0.3) is 0 Å². The molecule has 2 heterocycles. The Balaban J connectivity index is 2.03. The molecule has 0 atom stereocenters. The van der Waals surface area contributed by atoms with Crippen LogP contribution < -0.4 is 0 Å². The van der Waals surface area contributed by atoms with Gasteiger partial charge in [0.1, 0.15) is 0 Å². The lowest BCUT2D eigenvalue weighted by Gasteiger charge is -2.30. The first-order chi connectivity index (χ1) is 8.42. The molecule has 2 rings (SSSR count). The highest BCUT2D eigenvalue weighted by molar-refractivity contribution is 7.08.